The van der Waals surface area contributed by atoms with Crippen LogP contribution in [0.25, 0.3) is 20.8 Å². The zero-order chi connectivity index (χ0) is 23.7. The minimum Gasteiger partial charge on any atom is -0.454 e. The van der Waals surface area contributed by atoms with E-state index in [1.165, 1.54) is 11.3 Å². The fourth-order valence-electron chi connectivity index (χ4n) is 4.48. The molecule has 4 aromatic rings. The van der Waals surface area contributed by atoms with E-state index in [1.807, 2.05) is 56.3 Å². The summed E-state index contributed by atoms with van der Waals surface area (Å²) in [6.45, 7) is 5.14. The molecule has 174 valence electrons. The van der Waals surface area contributed by atoms with E-state index in [-0.39, 0.29) is 18.5 Å². The molecule has 1 saturated heterocycles. The number of ketones is 1. The Hall–Kier alpha value is -3.29. The molecule has 5 rings (SSSR count). The summed E-state index contributed by atoms with van der Waals surface area (Å²) in [6, 6.07) is 16.9. The summed E-state index contributed by atoms with van der Waals surface area (Å²) in [5, 5.41) is 0.748. The van der Waals surface area contributed by atoms with E-state index in [2.05, 4.69) is 9.55 Å². The molecule has 1 aliphatic rings. The fourth-order valence-corrected chi connectivity index (χ4v) is 5.48. The highest BCUT2D eigenvalue weighted by Crippen LogP contribution is 2.32. The average molecular weight is 475 g/mol. The van der Waals surface area contributed by atoms with E-state index in [0.29, 0.717) is 16.7 Å². The Kier molecular flexibility index (Phi) is 6.30. The quantitative estimate of drug-likeness (QED) is 0.258. The van der Waals surface area contributed by atoms with Gasteiger partial charge in [0.05, 0.1) is 21.9 Å². The zero-order valence-electron chi connectivity index (χ0n) is 19.2. The third kappa shape index (κ3) is 4.41. The maximum absolute atomic E-state index is 13.0. The van der Waals surface area contributed by atoms with Gasteiger partial charge in [-0.15, -0.1) is 11.3 Å². The number of para-hydroxylation sites is 1. The molecule has 1 aliphatic heterocycles. The second-order valence-corrected chi connectivity index (χ2v) is 9.59. The number of aromatic nitrogens is 2. The van der Waals surface area contributed by atoms with Gasteiger partial charge in [-0.1, -0.05) is 30.3 Å². The second-order valence-electron chi connectivity index (χ2n) is 8.56. The standard InChI is InChI=1S/C27H26N2O4S/c1-17-14-22(18(2)29(17)15-19-8-7-13-32-19)24(30)16-33-27(31)21-10-4-3-9-20(21)26-28-23-11-5-6-12-25(23)34-26/h3-6,9-12,14,19H,7-8,13,15-16H2,1-2H3/t19-/m1/s1. The molecule has 7 heteroatoms. The molecular weight excluding hydrogens is 448 g/mol. The van der Waals surface area contributed by atoms with Crippen LogP contribution in [0.2, 0.25) is 0 Å². The SMILES string of the molecule is Cc1cc(C(=O)COC(=O)c2ccccc2-c2nc3ccccc3s2)c(C)n1C[C@H]1CCCO1. The number of carbonyl (C=O) groups excluding carboxylic acids is 2. The number of hydrogen-bond acceptors (Lipinski definition) is 6. The number of esters is 1. The van der Waals surface area contributed by atoms with Gasteiger partial charge in [-0.2, -0.15) is 0 Å². The number of ether oxygens (including phenoxy) is 2. The first kappa shape index (κ1) is 22.5. The van der Waals surface area contributed by atoms with Crippen LogP contribution < -0.4 is 0 Å². The summed E-state index contributed by atoms with van der Waals surface area (Å²) in [4.78, 5) is 30.6. The van der Waals surface area contributed by atoms with Gasteiger partial charge in [0, 0.05) is 35.7 Å². The Labute approximate surface area is 202 Å². The molecule has 2 aromatic carbocycles. The van der Waals surface area contributed by atoms with Gasteiger partial charge >= 0.3 is 5.97 Å². The van der Waals surface area contributed by atoms with Crippen LogP contribution in [0.1, 0.15) is 44.9 Å². The first-order valence-corrected chi connectivity index (χ1v) is 12.3. The largest absolute Gasteiger partial charge is 0.454 e. The van der Waals surface area contributed by atoms with Crippen LogP contribution in [0.4, 0.5) is 0 Å². The molecule has 3 heterocycles. The van der Waals surface area contributed by atoms with Crippen molar-refractivity contribution in [2.75, 3.05) is 13.2 Å². The second kappa shape index (κ2) is 9.52. The highest BCUT2D eigenvalue weighted by Gasteiger charge is 2.23. The van der Waals surface area contributed by atoms with Crippen molar-refractivity contribution >= 4 is 33.3 Å². The Balaban J connectivity index is 1.31. The molecule has 0 unspecified atom stereocenters. The Bertz CT molecular complexity index is 1330. The number of Topliss-reactive ketones (excluding diaryl/α,β-unsaturated/α-hetero) is 1. The smallest absolute Gasteiger partial charge is 0.339 e. The molecule has 0 aliphatic carbocycles. The van der Waals surface area contributed by atoms with Crippen LogP contribution in [-0.2, 0) is 16.0 Å². The number of rotatable bonds is 7. The van der Waals surface area contributed by atoms with E-state index in [0.717, 1.165) is 52.6 Å². The lowest BCUT2D eigenvalue weighted by Crippen LogP contribution is -2.18. The van der Waals surface area contributed by atoms with Crippen LogP contribution in [0.15, 0.2) is 54.6 Å². The summed E-state index contributed by atoms with van der Waals surface area (Å²) in [7, 11) is 0. The lowest BCUT2D eigenvalue weighted by atomic mass is 10.1. The molecule has 0 N–H and O–H groups in total. The number of carbonyl (C=O) groups is 2. The summed E-state index contributed by atoms with van der Waals surface area (Å²) < 4.78 is 14.4. The van der Waals surface area contributed by atoms with Gasteiger partial charge in [0.2, 0.25) is 5.78 Å². The fraction of sp³-hybridized carbons (Fsp3) is 0.296. The predicted molar refractivity (Wildman–Crippen MR) is 133 cm³/mol. The van der Waals surface area contributed by atoms with Gasteiger partial charge in [-0.05, 0) is 51.0 Å². The lowest BCUT2D eigenvalue weighted by Gasteiger charge is -2.14. The van der Waals surface area contributed by atoms with Gasteiger partial charge in [0.15, 0.2) is 6.61 Å². The van der Waals surface area contributed by atoms with Gasteiger partial charge in [-0.25, -0.2) is 9.78 Å². The summed E-state index contributed by atoms with van der Waals surface area (Å²) in [6.07, 6.45) is 2.29. The van der Waals surface area contributed by atoms with E-state index >= 15 is 0 Å². The van der Waals surface area contributed by atoms with Crippen molar-refractivity contribution in [1.82, 2.24) is 9.55 Å². The first-order chi connectivity index (χ1) is 16.5. The number of hydrogen-bond donors (Lipinski definition) is 0. The van der Waals surface area contributed by atoms with Crippen LogP contribution in [0, 0.1) is 13.8 Å². The summed E-state index contributed by atoms with van der Waals surface area (Å²) in [5.41, 5.74) is 4.46. The number of nitrogens with zero attached hydrogens (tertiary/aromatic N) is 2. The van der Waals surface area contributed by atoms with Crippen LogP contribution in [0.3, 0.4) is 0 Å². The number of aryl methyl sites for hydroxylation is 1. The van der Waals surface area contributed by atoms with Crippen molar-refractivity contribution in [2.24, 2.45) is 0 Å². The van der Waals surface area contributed by atoms with Crippen molar-refractivity contribution in [2.45, 2.75) is 39.3 Å². The van der Waals surface area contributed by atoms with Crippen LogP contribution in [-0.4, -0.2) is 40.6 Å². The molecule has 6 nitrogen and oxygen atoms in total. The normalized spacial score (nSPS) is 15.6. The molecular formula is C27H26N2O4S. The maximum atomic E-state index is 13.0. The molecule has 0 bridgehead atoms. The lowest BCUT2D eigenvalue weighted by molar-refractivity contribution is 0.0475. The predicted octanol–water partition coefficient (Wildman–Crippen LogP) is 5.60. The Morgan fingerprint density at radius 1 is 1.12 bits per heavy atom. The molecule has 34 heavy (non-hydrogen) atoms. The Morgan fingerprint density at radius 2 is 1.91 bits per heavy atom. The Morgan fingerprint density at radius 3 is 2.71 bits per heavy atom. The number of benzene rings is 2. The van der Waals surface area contributed by atoms with E-state index in [9.17, 15) is 9.59 Å². The van der Waals surface area contributed by atoms with E-state index in [4.69, 9.17) is 9.47 Å². The van der Waals surface area contributed by atoms with E-state index < -0.39 is 5.97 Å². The third-order valence-electron chi connectivity index (χ3n) is 6.29. The first-order valence-electron chi connectivity index (χ1n) is 11.4. The molecule has 1 atom stereocenters. The van der Waals surface area contributed by atoms with Crippen molar-refractivity contribution in [1.29, 1.82) is 0 Å². The average Bonchev–Trinajstić information content (AvgIpc) is 3.58. The van der Waals surface area contributed by atoms with E-state index in [1.54, 1.807) is 12.1 Å². The zero-order valence-corrected chi connectivity index (χ0v) is 20.1. The van der Waals surface area contributed by atoms with Gasteiger partial charge in [0.1, 0.15) is 5.01 Å². The molecule has 1 fully saturated rings. The van der Waals surface area contributed by atoms with Crippen molar-refractivity contribution in [3.05, 3.63) is 77.1 Å². The van der Waals surface area contributed by atoms with Crippen molar-refractivity contribution in [3.8, 4) is 10.6 Å². The topological polar surface area (TPSA) is 70.4 Å². The number of thiazole rings is 1. The highest BCUT2D eigenvalue weighted by atomic mass is 32.1. The summed E-state index contributed by atoms with van der Waals surface area (Å²) in [5.74, 6) is -0.742. The molecule has 0 amide bonds. The highest BCUT2D eigenvalue weighted by molar-refractivity contribution is 7.21. The van der Waals surface area contributed by atoms with Crippen molar-refractivity contribution < 1.29 is 19.1 Å². The molecule has 0 radical (unpaired) electrons. The van der Waals surface area contributed by atoms with Gasteiger partial charge in [-0.3, -0.25) is 4.79 Å². The number of fused-ring (bicyclic) bond motifs is 1. The van der Waals surface area contributed by atoms with Crippen LogP contribution >= 0.6 is 11.3 Å². The van der Waals surface area contributed by atoms with Crippen molar-refractivity contribution in [3.63, 3.8) is 0 Å². The maximum Gasteiger partial charge on any atom is 0.339 e. The monoisotopic (exact) mass is 474 g/mol. The van der Waals surface area contributed by atoms with Crippen LogP contribution in [0.5, 0.6) is 0 Å². The molecule has 0 spiro atoms. The van der Waals surface area contributed by atoms with Gasteiger partial charge < -0.3 is 14.0 Å². The minimum atomic E-state index is -0.531. The molecule has 0 saturated carbocycles. The van der Waals surface area contributed by atoms with Gasteiger partial charge in [0.25, 0.3) is 0 Å². The molecule has 2 aromatic heterocycles. The minimum absolute atomic E-state index is 0.185. The summed E-state index contributed by atoms with van der Waals surface area (Å²) >= 11 is 1.52. The third-order valence-corrected chi connectivity index (χ3v) is 7.36.